The zero-order valence-electron chi connectivity index (χ0n) is 23.2. The molecule has 3 rings (SSSR count). The Hall–Kier alpha value is -2.94. The first-order chi connectivity index (χ1) is 16.1. The van der Waals surface area contributed by atoms with E-state index in [1.165, 1.54) is 16.7 Å². The smallest absolute Gasteiger partial charge is 0.414 e. The van der Waals surface area contributed by atoms with Crippen molar-refractivity contribution in [2.24, 2.45) is 0 Å². The molecule has 3 nitrogen and oxygen atoms in total. The van der Waals surface area contributed by atoms with E-state index in [2.05, 4.69) is 98.7 Å². The molecule has 0 N–H and O–H groups in total. The van der Waals surface area contributed by atoms with Crippen LogP contribution in [0.4, 0.5) is 0 Å². The molecule has 0 aliphatic heterocycles. The van der Waals surface area contributed by atoms with Gasteiger partial charge in [0.05, 0.1) is 6.92 Å². The molecule has 0 spiro atoms. The highest BCUT2D eigenvalue weighted by Crippen LogP contribution is 2.32. The first-order valence-electron chi connectivity index (χ1n) is 12.4. The highest BCUT2D eigenvalue weighted by atomic mass is 16.9. The van der Waals surface area contributed by atoms with E-state index in [-0.39, 0.29) is 16.2 Å². The van der Waals surface area contributed by atoms with Crippen LogP contribution in [0.3, 0.4) is 0 Å². The Morgan fingerprint density at radius 1 is 0.343 bits per heavy atom. The fourth-order valence-corrected chi connectivity index (χ4v) is 3.77. The van der Waals surface area contributed by atoms with Gasteiger partial charge in [0.25, 0.3) is 0 Å². The monoisotopic (exact) mass is 474 g/mol. The Kier molecular flexibility index (Phi) is 7.32. The van der Waals surface area contributed by atoms with Crippen LogP contribution in [0.25, 0.3) is 0 Å². The van der Waals surface area contributed by atoms with Crippen LogP contribution in [0.1, 0.15) is 85.9 Å². The lowest BCUT2D eigenvalue weighted by Crippen LogP contribution is -2.45. The molecular weight excluding hydrogens is 432 g/mol. The number of hydrogen-bond acceptors (Lipinski definition) is 3. The molecule has 0 aliphatic carbocycles. The second kappa shape index (κ2) is 9.60. The molecule has 35 heavy (non-hydrogen) atoms. The zero-order chi connectivity index (χ0) is 26.1. The molecule has 0 bridgehead atoms. The molecule has 188 valence electrons. The summed E-state index contributed by atoms with van der Waals surface area (Å²) in [6.07, 6.45) is 0. The van der Waals surface area contributed by atoms with Gasteiger partial charge >= 0.3 is 5.97 Å². The van der Waals surface area contributed by atoms with Crippen molar-refractivity contribution in [2.45, 2.75) is 91.5 Å². The predicted octanol–water partition coefficient (Wildman–Crippen LogP) is 8.79. The number of benzene rings is 3. The third-order valence-electron chi connectivity index (χ3n) is 6.07. The summed E-state index contributed by atoms with van der Waals surface area (Å²) in [6.45, 7) is 21.6. The van der Waals surface area contributed by atoms with Gasteiger partial charge in [0.2, 0.25) is 0 Å². The molecule has 3 aromatic rings. The van der Waals surface area contributed by atoms with Crippen molar-refractivity contribution >= 4 is 0 Å². The first kappa shape index (κ1) is 26.7. The topological polar surface area (TPSA) is 27.7 Å². The molecule has 0 aliphatic rings. The van der Waals surface area contributed by atoms with E-state index in [9.17, 15) is 0 Å². The Morgan fingerprint density at radius 3 is 0.714 bits per heavy atom. The molecule has 0 heterocycles. The van der Waals surface area contributed by atoms with Crippen molar-refractivity contribution in [3.63, 3.8) is 0 Å². The second-order valence-electron chi connectivity index (χ2n) is 12.5. The van der Waals surface area contributed by atoms with Gasteiger partial charge in [0.15, 0.2) is 0 Å². The number of rotatable bonds is 6. The highest BCUT2D eigenvalue weighted by Gasteiger charge is 2.33. The molecule has 0 amide bonds. The van der Waals surface area contributed by atoms with Crippen LogP contribution in [0, 0.1) is 0 Å². The third kappa shape index (κ3) is 7.27. The van der Waals surface area contributed by atoms with Crippen molar-refractivity contribution in [3.8, 4) is 17.2 Å². The quantitative estimate of drug-likeness (QED) is 0.334. The van der Waals surface area contributed by atoms with Gasteiger partial charge in [-0.15, -0.1) is 0 Å². The molecule has 3 heteroatoms. The molecule has 0 aromatic heterocycles. The third-order valence-corrected chi connectivity index (χ3v) is 6.07. The maximum atomic E-state index is 6.33. The molecule has 0 saturated carbocycles. The molecule has 0 fully saturated rings. The van der Waals surface area contributed by atoms with E-state index in [0.717, 1.165) is 0 Å². The van der Waals surface area contributed by atoms with Crippen molar-refractivity contribution in [3.05, 3.63) is 89.5 Å². The Balaban J connectivity index is 1.89. The highest BCUT2D eigenvalue weighted by molar-refractivity contribution is 5.34. The Bertz CT molecular complexity index is 944. The van der Waals surface area contributed by atoms with Crippen LogP contribution in [0.15, 0.2) is 72.8 Å². The van der Waals surface area contributed by atoms with E-state index in [0.29, 0.717) is 17.2 Å². The van der Waals surface area contributed by atoms with E-state index >= 15 is 0 Å². The molecule has 0 radical (unpaired) electrons. The summed E-state index contributed by atoms with van der Waals surface area (Å²) < 4.78 is 19.0. The largest absolute Gasteiger partial charge is 0.421 e. The fraction of sp³-hybridized carbons (Fsp3) is 0.438. The fourth-order valence-electron chi connectivity index (χ4n) is 3.77. The summed E-state index contributed by atoms with van der Waals surface area (Å²) in [5.74, 6) is 0.671. The van der Waals surface area contributed by atoms with Crippen LogP contribution in [-0.4, -0.2) is 5.97 Å². The predicted molar refractivity (Wildman–Crippen MR) is 146 cm³/mol. The molecule has 3 aromatic carbocycles. The first-order valence-corrected chi connectivity index (χ1v) is 12.4. The minimum absolute atomic E-state index is 0.0679. The van der Waals surface area contributed by atoms with Gasteiger partial charge in [-0.25, -0.2) is 0 Å². The zero-order valence-corrected chi connectivity index (χ0v) is 23.2. The van der Waals surface area contributed by atoms with Gasteiger partial charge in [-0.3, -0.25) is 0 Å². The van der Waals surface area contributed by atoms with Crippen molar-refractivity contribution < 1.29 is 14.2 Å². The van der Waals surface area contributed by atoms with Crippen LogP contribution in [0.2, 0.25) is 0 Å². The van der Waals surface area contributed by atoms with Crippen LogP contribution < -0.4 is 14.2 Å². The van der Waals surface area contributed by atoms with Crippen LogP contribution >= 0.6 is 0 Å². The summed E-state index contributed by atoms with van der Waals surface area (Å²) in [5.41, 5.74) is 3.92. The van der Waals surface area contributed by atoms with E-state index < -0.39 is 5.97 Å². The summed E-state index contributed by atoms with van der Waals surface area (Å²) in [4.78, 5) is 0. The van der Waals surface area contributed by atoms with E-state index in [1.54, 1.807) is 6.92 Å². The molecule has 0 unspecified atom stereocenters. The summed E-state index contributed by atoms with van der Waals surface area (Å²) in [5, 5.41) is 0. The van der Waals surface area contributed by atoms with Gasteiger partial charge < -0.3 is 14.2 Å². The van der Waals surface area contributed by atoms with Crippen molar-refractivity contribution in [1.29, 1.82) is 0 Å². The Labute approximate surface area is 212 Å². The Morgan fingerprint density at radius 2 is 0.543 bits per heavy atom. The average Bonchev–Trinajstić information content (AvgIpc) is 2.72. The normalized spacial score (nSPS) is 12.9. The second-order valence-corrected chi connectivity index (χ2v) is 12.5. The van der Waals surface area contributed by atoms with Gasteiger partial charge in [-0.1, -0.05) is 98.7 Å². The molecular formula is C32H42O3. The minimum Gasteiger partial charge on any atom is -0.421 e. The lowest BCUT2D eigenvalue weighted by molar-refractivity contribution is -0.238. The number of hydrogen-bond donors (Lipinski definition) is 0. The maximum absolute atomic E-state index is 6.33. The summed E-state index contributed by atoms with van der Waals surface area (Å²) in [7, 11) is 0. The van der Waals surface area contributed by atoms with Gasteiger partial charge in [0.1, 0.15) is 17.2 Å². The van der Waals surface area contributed by atoms with E-state index in [1.807, 2.05) is 36.4 Å². The summed E-state index contributed by atoms with van der Waals surface area (Å²) in [6, 6.07) is 24.4. The summed E-state index contributed by atoms with van der Waals surface area (Å²) >= 11 is 0. The van der Waals surface area contributed by atoms with Crippen molar-refractivity contribution in [1.82, 2.24) is 0 Å². The standard InChI is InChI=1S/C32H42O3/c1-29(2,3)23-11-17-26(18-12-23)33-32(10,34-27-19-13-24(14-20-27)30(4,5)6)35-28-21-15-25(16-22-28)31(7,8)9/h11-22H,1-10H3. The SMILES string of the molecule is CC(Oc1ccc(C(C)(C)C)cc1)(Oc1ccc(C(C)(C)C)cc1)Oc1ccc(C(C)(C)C)cc1. The minimum atomic E-state index is -1.37. The molecule has 0 atom stereocenters. The van der Waals surface area contributed by atoms with Gasteiger partial charge in [0, 0.05) is 0 Å². The van der Waals surface area contributed by atoms with Crippen LogP contribution in [-0.2, 0) is 16.2 Å². The number of ether oxygens (including phenoxy) is 3. The van der Waals surface area contributed by atoms with Crippen LogP contribution in [0.5, 0.6) is 17.2 Å². The van der Waals surface area contributed by atoms with Gasteiger partial charge in [-0.05, 0) is 69.3 Å². The maximum Gasteiger partial charge on any atom is 0.414 e. The molecule has 0 saturated heterocycles. The lowest BCUT2D eigenvalue weighted by atomic mass is 9.87. The van der Waals surface area contributed by atoms with Gasteiger partial charge in [-0.2, -0.15) is 0 Å². The van der Waals surface area contributed by atoms with E-state index in [4.69, 9.17) is 14.2 Å². The lowest BCUT2D eigenvalue weighted by Gasteiger charge is -2.31. The van der Waals surface area contributed by atoms with Crippen molar-refractivity contribution in [2.75, 3.05) is 0 Å². The average molecular weight is 475 g/mol.